The lowest BCUT2D eigenvalue weighted by Crippen LogP contribution is -2.02. The van der Waals surface area contributed by atoms with Crippen molar-refractivity contribution in [3.63, 3.8) is 0 Å². The third-order valence-corrected chi connectivity index (χ3v) is 4.55. The predicted molar refractivity (Wildman–Crippen MR) is 100.0 cm³/mol. The van der Waals surface area contributed by atoms with Crippen LogP contribution in [0.15, 0.2) is 79.0 Å². The molecule has 3 aromatic rings. The molecule has 3 rings (SSSR count). The Balaban J connectivity index is 1.59. The summed E-state index contributed by atoms with van der Waals surface area (Å²) in [7, 11) is 0. The molecule has 1 nitrogen and oxygen atoms in total. The van der Waals surface area contributed by atoms with Crippen LogP contribution in [0.4, 0.5) is 0 Å². The Kier molecular flexibility index (Phi) is 6.18. The molecule has 0 saturated carbocycles. The van der Waals surface area contributed by atoms with Crippen molar-refractivity contribution in [2.75, 3.05) is 0 Å². The lowest BCUT2D eigenvalue weighted by Gasteiger charge is -2.17. The highest BCUT2D eigenvalue weighted by Crippen LogP contribution is 2.27. The average Bonchev–Trinajstić information content (AvgIpc) is 2.67. The minimum Gasteiger partial charge on any atom is -0.261 e. The van der Waals surface area contributed by atoms with Crippen molar-refractivity contribution >= 4 is 0 Å². The fraction of sp³-hybridized carbons (Fsp3) is 0.261. The van der Waals surface area contributed by atoms with Gasteiger partial charge in [-0.3, -0.25) is 4.98 Å². The molecule has 0 aliphatic rings. The molecule has 1 heteroatoms. The first-order valence-corrected chi connectivity index (χ1v) is 8.81. The van der Waals surface area contributed by atoms with Gasteiger partial charge in [-0.25, -0.2) is 0 Å². The average molecular weight is 314 g/mol. The number of nitrogens with zero attached hydrogens (tertiary/aromatic N) is 1. The van der Waals surface area contributed by atoms with Crippen LogP contribution >= 0.6 is 0 Å². The SMILES string of the molecule is [c]1ccc(CCC(CCCc2ccccn2)c2ccccc2)cc1. The van der Waals surface area contributed by atoms with Gasteiger partial charge in [-0.05, 0) is 67.3 Å². The van der Waals surface area contributed by atoms with Crippen molar-refractivity contribution in [2.45, 2.75) is 38.0 Å². The summed E-state index contributed by atoms with van der Waals surface area (Å²) >= 11 is 0. The maximum atomic E-state index is 4.44. The van der Waals surface area contributed by atoms with Crippen LogP contribution in [0.3, 0.4) is 0 Å². The van der Waals surface area contributed by atoms with Gasteiger partial charge >= 0.3 is 0 Å². The number of rotatable bonds is 8. The van der Waals surface area contributed by atoms with Crippen molar-refractivity contribution < 1.29 is 0 Å². The Morgan fingerprint density at radius 3 is 2.33 bits per heavy atom. The van der Waals surface area contributed by atoms with Gasteiger partial charge in [0, 0.05) is 11.9 Å². The maximum absolute atomic E-state index is 4.44. The molecule has 1 radical (unpaired) electrons. The molecule has 121 valence electrons. The van der Waals surface area contributed by atoms with Crippen LogP contribution in [0.25, 0.3) is 0 Å². The van der Waals surface area contributed by atoms with Crippen LogP contribution < -0.4 is 0 Å². The molecule has 24 heavy (non-hydrogen) atoms. The third kappa shape index (κ3) is 5.06. The summed E-state index contributed by atoms with van der Waals surface area (Å²) in [6.07, 6.45) is 7.65. The molecule has 1 unspecified atom stereocenters. The van der Waals surface area contributed by atoms with Crippen molar-refractivity contribution in [3.8, 4) is 0 Å². The number of aromatic nitrogens is 1. The van der Waals surface area contributed by atoms with Gasteiger partial charge in [0.25, 0.3) is 0 Å². The van der Waals surface area contributed by atoms with Crippen LogP contribution in [-0.2, 0) is 12.8 Å². The standard InChI is InChI=1S/C23H24N/c1-3-10-20(11-4-1)17-18-22(21-12-5-2-6-13-21)14-9-16-23-15-7-8-19-24-23/h2-8,10-13,15,19,22H,9,14,16-18H2. The fourth-order valence-electron chi connectivity index (χ4n) is 3.21. The summed E-state index contributed by atoms with van der Waals surface area (Å²) in [5.74, 6) is 0.610. The summed E-state index contributed by atoms with van der Waals surface area (Å²) in [4.78, 5) is 4.44. The number of hydrogen-bond donors (Lipinski definition) is 0. The van der Waals surface area contributed by atoms with Gasteiger partial charge in [-0.2, -0.15) is 0 Å². The number of benzene rings is 2. The van der Waals surface area contributed by atoms with E-state index in [1.807, 2.05) is 24.4 Å². The van der Waals surface area contributed by atoms with Crippen molar-refractivity contribution in [3.05, 3.63) is 102 Å². The monoisotopic (exact) mass is 314 g/mol. The Bertz CT molecular complexity index is 692. The molecule has 1 atom stereocenters. The predicted octanol–water partition coefficient (Wildman–Crippen LogP) is 5.62. The second-order valence-corrected chi connectivity index (χ2v) is 6.27. The largest absolute Gasteiger partial charge is 0.261 e. The van der Waals surface area contributed by atoms with E-state index in [1.165, 1.54) is 36.1 Å². The summed E-state index contributed by atoms with van der Waals surface area (Å²) in [5.41, 5.74) is 4.06. The molecule has 0 saturated heterocycles. The number of aryl methyl sites for hydroxylation is 2. The molecule has 0 bridgehead atoms. The van der Waals surface area contributed by atoms with Crippen LogP contribution in [0.1, 0.15) is 42.0 Å². The Morgan fingerprint density at radius 1 is 0.792 bits per heavy atom. The second kappa shape index (κ2) is 9.02. The van der Waals surface area contributed by atoms with Gasteiger partial charge in [0.15, 0.2) is 0 Å². The van der Waals surface area contributed by atoms with E-state index in [1.54, 1.807) is 0 Å². The van der Waals surface area contributed by atoms with Gasteiger partial charge < -0.3 is 0 Å². The lowest BCUT2D eigenvalue weighted by molar-refractivity contribution is 0.550. The van der Waals surface area contributed by atoms with Crippen LogP contribution in [-0.4, -0.2) is 4.98 Å². The van der Waals surface area contributed by atoms with E-state index < -0.39 is 0 Å². The highest BCUT2D eigenvalue weighted by molar-refractivity contribution is 5.21. The summed E-state index contributed by atoms with van der Waals surface area (Å²) in [6, 6.07) is 28.6. The van der Waals surface area contributed by atoms with E-state index in [4.69, 9.17) is 0 Å². The first-order valence-electron chi connectivity index (χ1n) is 8.81. The molecule has 0 N–H and O–H groups in total. The molecular weight excluding hydrogens is 290 g/mol. The minimum atomic E-state index is 0.610. The highest BCUT2D eigenvalue weighted by atomic mass is 14.7. The summed E-state index contributed by atoms with van der Waals surface area (Å²) < 4.78 is 0. The molecule has 2 aromatic carbocycles. The second-order valence-electron chi connectivity index (χ2n) is 6.27. The van der Waals surface area contributed by atoms with Gasteiger partial charge in [-0.1, -0.05) is 60.7 Å². The Labute approximate surface area is 145 Å². The first kappa shape index (κ1) is 16.4. The molecule has 0 amide bonds. The van der Waals surface area contributed by atoms with Gasteiger partial charge in [0.05, 0.1) is 0 Å². The number of pyridine rings is 1. The summed E-state index contributed by atoms with van der Waals surface area (Å²) in [6.45, 7) is 0. The fourth-order valence-corrected chi connectivity index (χ4v) is 3.21. The van der Waals surface area contributed by atoms with E-state index in [0.717, 1.165) is 12.8 Å². The van der Waals surface area contributed by atoms with Crippen molar-refractivity contribution in [1.29, 1.82) is 0 Å². The third-order valence-electron chi connectivity index (χ3n) is 4.55. The van der Waals surface area contributed by atoms with Gasteiger partial charge in [0.2, 0.25) is 0 Å². The summed E-state index contributed by atoms with van der Waals surface area (Å²) in [5, 5.41) is 0. The number of hydrogen-bond acceptors (Lipinski definition) is 1. The van der Waals surface area contributed by atoms with Gasteiger partial charge in [0.1, 0.15) is 0 Å². The zero-order chi connectivity index (χ0) is 16.5. The molecule has 1 aromatic heterocycles. The van der Waals surface area contributed by atoms with Crippen molar-refractivity contribution in [2.24, 2.45) is 0 Å². The van der Waals surface area contributed by atoms with E-state index in [9.17, 15) is 0 Å². The normalized spacial score (nSPS) is 12.0. The Hall–Kier alpha value is -2.41. The molecule has 0 fully saturated rings. The molecule has 0 aliphatic carbocycles. The minimum absolute atomic E-state index is 0.610. The quantitative estimate of drug-likeness (QED) is 0.526. The lowest BCUT2D eigenvalue weighted by atomic mass is 9.88. The first-order chi connectivity index (χ1) is 11.9. The molecule has 1 heterocycles. The zero-order valence-corrected chi connectivity index (χ0v) is 14.1. The van der Waals surface area contributed by atoms with E-state index >= 15 is 0 Å². The van der Waals surface area contributed by atoms with E-state index in [0.29, 0.717) is 5.92 Å². The molecule has 0 spiro atoms. The van der Waals surface area contributed by atoms with Gasteiger partial charge in [-0.15, -0.1) is 0 Å². The van der Waals surface area contributed by atoms with Crippen LogP contribution in [0.5, 0.6) is 0 Å². The molecule has 0 aliphatic heterocycles. The zero-order valence-electron chi connectivity index (χ0n) is 14.1. The van der Waals surface area contributed by atoms with E-state index in [-0.39, 0.29) is 0 Å². The maximum Gasteiger partial charge on any atom is 0.0403 e. The Morgan fingerprint density at radius 2 is 1.58 bits per heavy atom. The molecular formula is C23H24N. The highest BCUT2D eigenvalue weighted by Gasteiger charge is 2.11. The van der Waals surface area contributed by atoms with E-state index in [2.05, 4.69) is 65.6 Å². The topological polar surface area (TPSA) is 12.9 Å². The van der Waals surface area contributed by atoms with Crippen LogP contribution in [0.2, 0.25) is 0 Å². The smallest absolute Gasteiger partial charge is 0.0403 e. The van der Waals surface area contributed by atoms with Crippen molar-refractivity contribution in [1.82, 2.24) is 4.98 Å². The van der Waals surface area contributed by atoms with Crippen LogP contribution in [0, 0.1) is 6.07 Å².